The van der Waals surface area contributed by atoms with Crippen LogP contribution in [0.15, 0.2) is 12.5 Å². The smallest absolute Gasteiger partial charge is 0.255 e. The highest BCUT2D eigenvalue weighted by Crippen LogP contribution is 2.08. The Bertz CT molecular complexity index is 284. The van der Waals surface area contributed by atoms with Crippen LogP contribution in [-0.4, -0.2) is 15.9 Å². The summed E-state index contributed by atoms with van der Waals surface area (Å²) in [5, 5.41) is 2.64. The van der Waals surface area contributed by atoms with Crippen LogP contribution in [0, 0.1) is 0 Å². The van der Waals surface area contributed by atoms with Gasteiger partial charge in [-0.15, -0.1) is 0 Å². The molecule has 0 aliphatic carbocycles. The van der Waals surface area contributed by atoms with Crippen molar-refractivity contribution in [1.82, 2.24) is 15.3 Å². The molecule has 0 radical (unpaired) electrons. The van der Waals surface area contributed by atoms with Crippen molar-refractivity contribution in [1.29, 1.82) is 0 Å². The lowest BCUT2D eigenvalue weighted by atomic mass is 10.3. The van der Waals surface area contributed by atoms with Gasteiger partial charge in [-0.25, -0.2) is 9.97 Å². The number of carbonyl (C=O) groups is 1. The van der Waals surface area contributed by atoms with Gasteiger partial charge in [-0.05, 0) is 0 Å². The average molecular weight is 135 g/mol. The number of hydrogen-bond acceptors (Lipinski definition) is 3. The van der Waals surface area contributed by atoms with Crippen molar-refractivity contribution in [3.63, 3.8) is 0 Å². The van der Waals surface area contributed by atoms with E-state index < -0.39 is 0 Å². The first-order valence-corrected chi connectivity index (χ1v) is 2.95. The number of rotatable bonds is 0. The molecule has 1 N–H and O–H groups in total. The fourth-order valence-electron chi connectivity index (χ4n) is 0.945. The first kappa shape index (κ1) is 5.34. The first-order valence-electron chi connectivity index (χ1n) is 2.95. The lowest BCUT2D eigenvalue weighted by Crippen LogP contribution is -2.12. The first-order chi connectivity index (χ1) is 4.88. The van der Waals surface area contributed by atoms with E-state index >= 15 is 0 Å². The van der Waals surface area contributed by atoms with Gasteiger partial charge in [0, 0.05) is 6.20 Å². The number of nitrogens with one attached hydrogen (secondary N) is 1. The van der Waals surface area contributed by atoms with Gasteiger partial charge >= 0.3 is 0 Å². The highest BCUT2D eigenvalue weighted by molar-refractivity contribution is 5.97. The van der Waals surface area contributed by atoms with Gasteiger partial charge in [0.2, 0.25) is 0 Å². The molecule has 2 heterocycles. The average Bonchev–Trinajstić information content (AvgIpc) is 2.34. The minimum absolute atomic E-state index is 0.0735. The summed E-state index contributed by atoms with van der Waals surface area (Å²) >= 11 is 0. The Morgan fingerprint density at radius 2 is 2.50 bits per heavy atom. The van der Waals surface area contributed by atoms with Crippen molar-refractivity contribution < 1.29 is 4.79 Å². The Hall–Kier alpha value is -1.45. The van der Waals surface area contributed by atoms with E-state index in [2.05, 4.69) is 15.3 Å². The molecule has 50 valence electrons. The monoisotopic (exact) mass is 135 g/mol. The molecule has 0 fully saturated rings. The summed E-state index contributed by atoms with van der Waals surface area (Å²) in [6.07, 6.45) is 2.98. The molecule has 1 aromatic heterocycles. The van der Waals surface area contributed by atoms with Gasteiger partial charge in [0.1, 0.15) is 6.33 Å². The second-order valence-electron chi connectivity index (χ2n) is 2.07. The van der Waals surface area contributed by atoms with E-state index in [4.69, 9.17) is 0 Å². The van der Waals surface area contributed by atoms with Gasteiger partial charge in [0.05, 0.1) is 17.8 Å². The van der Waals surface area contributed by atoms with E-state index in [1.165, 1.54) is 12.5 Å². The van der Waals surface area contributed by atoms with E-state index in [1.54, 1.807) is 0 Å². The zero-order valence-electron chi connectivity index (χ0n) is 5.16. The van der Waals surface area contributed by atoms with Crippen LogP contribution in [0.2, 0.25) is 0 Å². The number of nitrogens with zero attached hydrogens (tertiary/aromatic N) is 2. The molecule has 4 heteroatoms. The molecular formula is C6H5N3O. The predicted octanol–water partition coefficient (Wildman–Crippen LogP) is -0.280. The SMILES string of the molecule is O=C1NCc2ncncc21. The van der Waals surface area contributed by atoms with Crippen molar-refractivity contribution in [3.8, 4) is 0 Å². The molecule has 1 aromatic rings. The molecule has 0 unspecified atom stereocenters. The van der Waals surface area contributed by atoms with Crippen molar-refractivity contribution in [2.24, 2.45) is 0 Å². The third-order valence-electron chi connectivity index (χ3n) is 1.46. The van der Waals surface area contributed by atoms with Crippen molar-refractivity contribution in [2.75, 3.05) is 0 Å². The van der Waals surface area contributed by atoms with Gasteiger partial charge in [-0.3, -0.25) is 4.79 Å². The highest BCUT2D eigenvalue weighted by Gasteiger charge is 2.18. The zero-order chi connectivity index (χ0) is 6.97. The standard InChI is InChI=1S/C6H5N3O/c10-6-4-1-7-3-9-5(4)2-8-6/h1,3H,2H2,(H,8,10). The molecule has 0 aromatic carbocycles. The van der Waals surface area contributed by atoms with Crippen LogP contribution < -0.4 is 5.32 Å². The van der Waals surface area contributed by atoms with Crippen LogP contribution in [0.3, 0.4) is 0 Å². The van der Waals surface area contributed by atoms with Gasteiger partial charge in [-0.1, -0.05) is 0 Å². The minimum Gasteiger partial charge on any atom is -0.346 e. The van der Waals surface area contributed by atoms with Crippen molar-refractivity contribution >= 4 is 5.91 Å². The molecule has 0 spiro atoms. The second-order valence-corrected chi connectivity index (χ2v) is 2.07. The molecule has 0 saturated heterocycles. The molecule has 2 rings (SSSR count). The van der Waals surface area contributed by atoms with Crippen molar-refractivity contribution in [2.45, 2.75) is 6.54 Å². The summed E-state index contributed by atoms with van der Waals surface area (Å²) in [5.74, 6) is -0.0735. The zero-order valence-corrected chi connectivity index (χ0v) is 5.16. The Balaban J connectivity index is 2.61. The molecule has 0 atom stereocenters. The maximum absolute atomic E-state index is 10.9. The van der Waals surface area contributed by atoms with E-state index in [0.29, 0.717) is 12.1 Å². The van der Waals surface area contributed by atoms with Gasteiger partial charge in [0.15, 0.2) is 0 Å². The van der Waals surface area contributed by atoms with Crippen LogP contribution in [0.5, 0.6) is 0 Å². The van der Waals surface area contributed by atoms with Crippen molar-refractivity contribution in [3.05, 3.63) is 23.8 Å². The third kappa shape index (κ3) is 0.586. The summed E-state index contributed by atoms with van der Waals surface area (Å²) < 4.78 is 0. The van der Waals surface area contributed by atoms with Crippen LogP contribution >= 0.6 is 0 Å². The summed E-state index contributed by atoms with van der Waals surface area (Å²) in [7, 11) is 0. The maximum atomic E-state index is 10.9. The molecule has 10 heavy (non-hydrogen) atoms. The van der Waals surface area contributed by atoms with Gasteiger partial charge < -0.3 is 5.32 Å². The fourth-order valence-corrected chi connectivity index (χ4v) is 0.945. The number of fused-ring (bicyclic) bond motifs is 1. The number of amides is 1. The van der Waals surface area contributed by atoms with Crippen LogP contribution in [0.4, 0.5) is 0 Å². The molecule has 0 saturated carbocycles. The van der Waals surface area contributed by atoms with E-state index in [1.807, 2.05) is 0 Å². The van der Waals surface area contributed by atoms with E-state index in [-0.39, 0.29) is 5.91 Å². The van der Waals surface area contributed by atoms with E-state index in [9.17, 15) is 4.79 Å². The highest BCUT2D eigenvalue weighted by atomic mass is 16.1. The fraction of sp³-hybridized carbons (Fsp3) is 0.167. The number of carbonyl (C=O) groups excluding carboxylic acids is 1. The Kier molecular flexibility index (Phi) is 0.943. The van der Waals surface area contributed by atoms with Crippen LogP contribution in [0.1, 0.15) is 16.1 Å². The van der Waals surface area contributed by atoms with Crippen LogP contribution in [0.25, 0.3) is 0 Å². The van der Waals surface area contributed by atoms with Gasteiger partial charge in [0.25, 0.3) is 5.91 Å². The molecule has 0 bridgehead atoms. The minimum atomic E-state index is -0.0735. The lowest BCUT2D eigenvalue weighted by Gasteiger charge is -1.88. The lowest BCUT2D eigenvalue weighted by molar-refractivity contribution is 0.0965. The summed E-state index contributed by atoms with van der Waals surface area (Å²) in [4.78, 5) is 18.5. The summed E-state index contributed by atoms with van der Waals surface area (Å²) in [5.41, 5.74) is 1.39. The van der Waals surface area contributed by atoms with Crippen LogP contribution in [-0.2, 0) is 6.54 Å². The number of aromatic nitrogens is 2. The second kappa shape index (κ2) is 1.76. The summed E-state index contributed by atoms with van der Waals surface area (Å²) in [6, 6.07) is 0. The maximum Gasteiger partial charge on any atom is 0.255 e. The Morgan fingerprint density at radius 3 is 3.30 bits per heavy atom. The number of hydrogen-bond donors (Lipinski definition) is 1. The topological polar surface area (TPSA) is 54.9 Å². The quantitative estimate of drug-likeness (QED) is 0.532. The molecule has 1 aliphatic rings. The Morgan fingerprint density at radius 1 is 1.60 bits per heavy atom. The molecule has 1 aliphatic heterocycles. The molecular weight excluding hydrogens is 130 g/mol. The molecule has 1 amide bonds. The summed E-state index contributed by atoms with van der Waals surface area (Å²) in [6.45, 7) is 0.538. The Labute approximate surface area is 57.3 Å². The normalized spacial score (nSPS) is 14.6. The largest absolute Gasteiger partial charge is 0.346 e. The predicted molar refractivity (Wildman–Crippen MR) is 33.2 cm³/mol. The molecule has 4 nitrogen and oxygen atoms in total. The van der Waals surface area contributed by atoms with E-state index in [0.717, 1.165) is 5.69 Å². The third-order valence-corrected chi connectivity index (χ3v) is 1.46. The van der Waals surface area contributed by atoms with Gasteiger partial charge in [-0.2, -0.15) is 0 Å².